The van der Waals surface area contributed by atoms with E-state index in [0.29, 0.717) is 17.1 Å². The lowest BCUT2D eigenvalue weighted by Crippen LogP contribution is -2.11. The Bertz CT molecular complexity index is 610. The van der Waals surface area contributed by atoms with Crippen LogP contribution < -0.4 is 16.6 Å². The van der Waals surface area contributed by atoms with E-state index in [9.17, 15) is 4.79 Å². The highest BCUT2D eigenvalue weighted by atomic mass is 16.1. The van der Waals surface area contributed by atoms with Crippen LogP contribution in [0.15, 0.2) is 4.79 Å². The molecule has 1 aliphatic heterocycles. The van der Waals surface area contributed by atoms with Crippen LogP contribution in [0.4, 0.5) is 5.95 Å². The number of hydrogen-bond acceptors (Lipinski definition) is 5. The van der Waals surface area contributed by atoms with Crippen LogP contribution in [0.1, 0.15) is 18.7 Å². The summed E-state index contributed by atoms with van der Waals surface area (Å²) in [7, 11) is 0. The molecular weight excluding hydrogens is 232 g/mol. The highest BCUT2D eigenvalue weighted by Gasteiger charge is 2.15. The van der Waals surface area contributed by atoms with Gasteiger partial charge < -0.3 is 16.0 Å². The second-order valence-electron chi connectivity index (χ2n) is 4.73. The average molecular weight is 248 g/mol. The number of aryl methyl sites for hydroxylation is 1. The van der Waals surface area contributed by atoms with Crippen LogP contribution in [0.5, 0.6) is 0 Å². The normalized spacial score (nSPS) is 19.7. The summed E-state index contributed by atoms with van der Waals surface area (Å²) in [5.41, 5.74) is 6.02. The fourth-order valence-electron chi connectivity index (χ4n) is 2.39. The Kier molecular flexibility index (Phi) is 2.75. The van der Waals surface area contributed by atoms with E-state index in [0.717, 1.165) is 31.8 Å². The molecule has 96 valence electrons. The Labute approximate surface area is 103 Å². The lowest BCUT2D eigenvalue weighted by atomic mass is 10.0. The van der Waals surface area contributed by atoms with Crippen LogP contribution in [0.3, 0.4) is 0 Å². The molecule has 0 aliphatic carbocycles. The Morgan fingerprint density at radius 1 is 1.33 bits per heavy atom. The smallest absolute Gasteiger partial charge is 0.278 e. The standard InChI is InChI=1S/C11H16N6O/c12-11-16-9-8(10(18)17-11)14-7(15-9)2-1-6-3-4-13-5-6/h6,13H,1-5H2,(H4,12,14,15,16,17,18). The average Bonchev–Trinajstić information content (AvgIpc) is 2.93. The summed E-state index contributed by atoms with van der Waals surface area (Å²) < 4.78 is 0. The van der Waals surface area contributed by atoms with E-state index in [1.54, 1.807) is 0 Å². The summed E-state index contributed by atoms with van der Waals surface area (Å²) in [5.74, 6) is 1.61. The van der Waals surface area contributed by atoms with Crippen molar-refractivity contribution in [3.63, 3.8) is 0 Å². The first-order valence-electron chi connectivity index (χ1n) is 6.17. The molecule has 3 rings (SSSR count). The van der Waals surface area contributed by atoms with Gasteiger partial charge in [-0.2, -0.15) is 4.98 Å². The third kappa shape index (κ3) is 2.08. The van der Waals surface area contributed by atoms with Gasteiger partial charge in [0.2, 0.25) is 5.95 Å². The molecule has 5 N–H and O–H groups in total. The first-order valence-corrected chi connectivity index (χ1v) is 6.17. The van der Waals surface area contributed by atoms with Crippen molar-refractivity contribution in [3.05, 3.63) is 16.2 Å². The van der Waals surface area contributed by atoms with Gasteiger partial charge in [-0.05, 0) is 31.8 Å². The van der Waals surface area contributed by atoms with Crippen molar-refractivity contribution in [1.82, 2.24) is 25.3 Å². The molecular formula is C11H16N6O. The molecule has 1 saturated heterocycles. The van der Waals surface area contributed by atoms with E-state index in [1.165, 1.54) is 6.42 Å². The largest absolute Gasteiger partial charge is 0.369 e. The number of hydrogen-bond donors (Lipinski definition) is 4. The van der Waals surface area contributed by atoms with Crippen LogP contribution in [0.2, 0.25) is 0 Å². The number of nitrogens with two attached hydrogens (primary N) is 1. The molecule has 7 nitrogen and oxygen atoms in total. The summed E-state index contributed by atoms with van der Waals surface area (Å²) in [6.45, 7) is 2.18. The minimum absolute atomic E-state index is 0.102. The predicted molar refractivity (Wildman–Crippen MR) is 68.2 cm³/mol. The zero-order valence-electron chi connectivity index (χ0n) is 9.99. The van der Waals surface area contributed by atoms with Gasteiger partial charge >= 0.3 is 0 Å². The molecule has 7 heteroatoms. The topological polar surface area (TPSA) is 112 Å². The van der Waals surface area contributed by atoms with Gasteiger partial charge in [-0.15, -0.1) is 0 Å². The fraction of sp³-hybridized carbons (Fsp3) is 0.545. The van der Waals surface area contributed by atoms with Crippen LogP contribution >= 0.6 is 0 Å². The summed E-state index contributed by atoms with van der Waals surface area (Å²) in [4.78, 5) is 25.4. The highest BCUT2D eigenvalue weighted by Crippen LogP contribution is 2.15. The van der Waals surface area contributed by atoms with Crippen molar-refractivity contribution >= 4 is 17.1 Å². The maximum atomic E-state index is 11.6. The van der Waals surface area contributed by atoms with E-state index in [1.807, 2.05) is 0 Å². The Morgan fingerprint density at radius 3 is 3.00 bits per heavy atom. The van der Waals surface area contributed by atoms with Crippen molar-refractivity contribution in [2.24, 2.45) is 5.92 Å². The van der Waals surface area contributed by atoms with Gasteiger partial charge in [0.25, 0.3) is 5.56 Å². The zero-order chi connectivity index (χ0) is 12.5. The van der Waals surface area contributed by atoms with Crippen molar-refractivity contribution in [1.29, 1.82) is 0 Å². The molecule has 0 radical (unpaired) electrons. The fourth-order valence-corrected chi connectivity index (χ4v) is 2.39. The Hall–Kier alpha value is -1.89. The van der Waals surface area contributed by atoms with Gasteiger partial charge in [-0.3, -0.25) is 9.78 Å². The number of rotatable bonds is 3. The SMILES string of the molecule is Nc1nc2nc(CCC3CCNC3)[nH]c2c(=O)[nH]1. The molecule has 3 heterocycles. The Morgan fingerprint density at radius 2 is 2.22 bits per heavy atom. The van der Waals surface area contributed by atoms with E-state index < -0.39 is 0 Å². The van der Waals surface area contributed by atoms with E-state index >= 15 is 0 Å². The number of fused-ring (bicyclic) bond motifs is 1. The minimum Gasteiger partial charge on any atom is -0.369 e. The van der Waals surface area contributed by atoms with Gasteiger partial charge in [0.05, 0.1) is 0 Å². The quantitative estimate of drug-likeness (QED) is 0.599. The summed E-state index contributed by atoms with van der Waals surface area (Å²) >= 11 is 0. The van der Waals surface area contributed by atoms with E-state index in [-0.39, 0.29) is 11.5 Å². The van der Waals surface area contributed by atoms with Gasteiger partial charge in [-0.25, -0.2) is 4.98 Å². The molecule has 2 aromatic heterocycles. The number of nitrogens with zero attached hydrogens (tertiary/aromatic N) is 2. The molecule has 1 unspecified atom stereocenters. The summed E-state index contributed by atoms with van der Waals surface area (Å²) in [6.07, 6.45) is 3.12. The van der Waals surface area contributed by atoms with Crippen LogP contribution in [0, 0.1) is 5.92 Å². The minimum atomic E-state index is -0.265. The number of aromatic nitrogens is 4. The molecule has 1 fully saturated rings. The van der Waals surface area contributed by atoms with E-state index in [4.69, 9.17) is 5.73 Å². The van der Waals surface area contributed by atoms with Gasteiger partial charge in [0.15, 0.2) is 11.2 Å². The molecule has 0 bridgehead atoms. The van der Waals surface area contributed by atoms with Crippen molar-refractivity contribution in [3.8, 4) is 0 Å². The number of aromatic amines is 2. The molecule has 0 spiro atoms. The number of H-pyrrole nitrogens is 2. The molecule has 0 amide bonds. The second-order valence-corrected chi connectivity index (χ2v) is 4.73. The third-order valence-electron chi connectivity index (χ3n) is 3.38. The third-order valence-corrected chi connectivity index (χ3v) is 3.38. The number of anilines is 1. The summed E-state index contributed by atoms with van der Waals surface area (Å²) in [5, 5.41) is 3.34. The van der Waals surface area contributed by atoms with Gasteiger partial charge in [-0.1, -0.05) is 0 Å². The van der Waals surface area contributed by atoms with Gasteiger partial charge in [0, 0.05) is 6.42 Å². The molecule has 2 aromatic rings. The predicted octanol–water partition coefficient (Wildman–Crippen LogP) is -0.230. The highest BCUT2D eigenvalue weighted by molar-refractivity contribution is 5.70. The molecule has 1 aliphatic rings. The first kappa shape index (κ1) is 11.2. The Balaban J connectivity index is 1.80. The number of imidazole rings is 1. The van der Waals surface area contributed by atoms with Crippen LogP contribution in [-0.2, 0) is 6.42 Å². The first-order chi connectivity index (χ1) is 8.72. The van der Waals surface area contributed by atoms with E-state index in [2.05, 4.69) is 25.3 Å². The molecule has 1 atom stereocenters. The lowest BCUT2D eigenvalue weighted by Gasteiger charge is -2.04. The maximum absolute atomic E-state index is 11.6. The maximum Gasteiger partial charge on any atom is 0.278 e. The van der Waals surface area contributed by atoms with Crippen molar-refractivity contribution in [2.45, 2.75) is 19.3 Å². The number of nitrogens with one attached hydrogen (secondary N) is 3. The van der Waals surface area contributed by atoms with Crippen LogP contribution in [0.25, 0.3) is 11.2 Å². The molecule has 0 saturated carbocycles. The van der Waals surface area contributed by atoms with Crippen LogP contribution in [-0.4, -0.2) is 33.0 Å². The van der Waals surface area contributed by atoms with Crippen molar-refractivity contribution in [2.75, 3.05) is 18.8 Å². The zero-order valence-corrected chi connectivity index (χ0v) is 9.99. The van der Waals surface area contributed by atoms with Gasteiger partial charge in [0.1, 0.15) is 5.82 Å². The second kappa shape index (κ2) is 4.41. The molecule has 18 heavy (non-hydrogen) atoms. The van der Waals surface area contributed by atoms with Crippen molar-refractivity contribution < 1.29 is 0 Å². The summed E-state index contributed by atoms with van der Waals surface area (Å²) in [6, 6.07) is 0. The lowest BCUT2D eigenvalue weighted by molar-refractivity contribution is 0.526. The number of nitrogen functional groups attached to an aromatic ring is 1. The molecule has 0 aromatic carbocycles. The monoisotopic (exact) mass is 248 g/mol.